The lowest BCUT2D eigenvalue weighted by molar-refractivity contribution is -0.126. The lowest BCUT2D eigenvalue weighted by Gasteiger charge is -2.32. The van der Waals surface area contributed by atoms with Crippen LogP contribution in [-0.4, -0.2) is 42.4 Å². The van der Waals surface area contributed by atoms with Crippen molar-refractivity contribution in [3.8, 4) is 0 Å². The van der Waals surface area contributed by atoms with Crippen LogP contribution in [0.5, 0.6) is 0 Å². The van der Waals surface area contributed by atoms with Gasteiger partial charge in [-0.05, 0) is 43.8 Å². The number of amides is 2. The monoisotopic (exact) mass is 332 g/mol. The van der Waals surface area contributed by atoms with Crippen LogP contribution in [0.25, 0.3) is 0 Å². The Morgan fingerprint density at radius 2 is 1.88 bits per heavy atom. The number of nitrogens with zero attached hydrogens (tertiary/aromatic N) is 1. The lowest BCUT2D eigenvalue weighted by atomic mass is 9.93. The number of hydrogen-bond donors (Lipinski definition) is 3. The van der Waals surface area contributed by atoms with Crippen molar-refractivity contribution in [3.05, 3.63) is 35.9 Å². The quantitative estimate of drug-likeness (QED) is 0.649. The number of carbonyl (C=O) groups is 2. The molecule has 1 aliphatic rings. The van der Waals surface area contributed by atoms with E-state index in [2.05, 4.69) is 34.5 Å². The third-order valence-electron chi connectivity index (χ3n) is 4.57. The van der Waals surface area contributed by atoms with Gasteiger partial charge in [-0.25, -0.2) is 0 Å². The number of carbonyl (C=O) groups excluding carboxylic acids is 2. The second kappa shape index (κ2) is 9.39. The van der Waals surface area contributed by atoms with Crippen LogP contribution in [0, 0.1) is 5.92 Å². The molecule has 2 rings (SSSR count). The van der Waals surface area contributed by atoms with Gasteiger partial charge in [0.1, 0.15) is 0 Å². The van der Waals surface area contributed by atoms with Crippen molar-refractivity contribution < 1.29 is 9.59 Å². The van der Waals surface area contributed by atoms with E-state index in [-0.39, 0.29) is 12.3 Å². The molecule has 0 aliphatic carbocycles. The molecule has 132 valence electrons. The molecule has 0 aromatic heterocycles. The van der Waals surface area contributed by atoms with Crippen molar-refractivity contribution in [1.29, 1.82) is 0 Å². The van der Waals surface area contributed by atoms with E-state index in [0.717, 1.165) is 38.9 Å². The van der Waals surface area contributed by atoms with E-state index in [1.165, 1.54) is 5.56 Å². The Hall–Kier alpha value is -1.92. The minimum absolute atomic E-state index is 0.107. The van der Waals surface area contributed by atoms with E-state index in [0.29, 0.717) is 12.5 Å². The molecule has 6 heteroatoms. The van der Waals surface area contributed by atoms with E-state index < -0.39 is 11.9 Å². The number of likely N-dealkylation sites (tertiary alicyclic amines) is 1. The standard InChI is InChI=1S/C18H28N4O2/c19-16(12-17(20)23)18(24)21-9-6-14-7-10-22(11-8-14)13-15-4-2-1-3-5-15/h1-5,14,16H,6-13,19H2,(H2,20,23)(H,21,24)/t16-/m1/s1. The zero-order valence-electron chi connectivity index (χ0n) is 14.1. The molecule has 5 N–H and O–H groups in total. The number of nitrogens with two attached hydrogens (primary N) is 2. The normalized spacial score (nSPS) is 17.4. The maximum absolute atomic E-state index is 11.7. The fourth-order valence-corrected chi connectivity index (χ4v) is 3.11. The summed E-state index contributed by atoms with van der Waals surface area (Å²) in [5, 5.41) is 2.80. The minimum Gasteiger partial charge on any atom is -0.370 e. The maximum Gasteiger partial charge on any atom is 0.237 e. The second-order valence-electron chi connectivity index (χ2n) is 6.56. The van der Waals surface area contributed by atoms with Crippen molar-refractivity contribution >= 4 is 11.8 Å². The van der Waals surface area contributed by atoms with Crippen molar-refractivity contribution in [2.45, 2.75) is 38.3 Å². The minimum atomic E-state index is -0.838. The molecule has 1 heterocycles. The summed E-state index contributed by atoms with van der Waals surface area (Å²) in [7, 11) is 0. The highest BCUT2D eigenvalue weighted by Crippen LogP contribution is 2.21. The Balaban J connectivity index is 1.61. The summed E-state index contributed by atoms with van der Waals surface area (Å²) in [6, 6.07) is 9.68. The number of benzene rings is 1. The topological polar surface area (TPSA) is 101 Å². The molecule has 24 heavy (non-hydrogen) atoms. The summed E-state index contributed by atoms with van der Waals surface area (Å²) < 4.78 is 0. The van der Waals surface area contributed by atoms with E-state index in [4.69, 9.17) is 11.5 Å². The van der Waals surface area contributed by atoms with Gasteiger partial charge in [-0.3, -0.25) is 14.5 Å². The molecule has 0 radical (unpaired) electrons. The maximum atomic E-state index is 11.7. The summed E-state index contributed by atoms with van der Waals surface area (Å²) in [5.74, 6) is -0.219. The number of nitrogens with one attached hydrogen (secondary N) is 1. The van der Waals surface area contributed by atoms with Gasteiger partial charge in [0.05, 0.1) is 12.5 Å². The van der Waals surface area contributed by atoms with Crippen LogP contribution in [0.4, 0.5) is 0 Å². The third-order valence-corrected chi connectivity index (χ3v) is 4.57. The number of piperidine rings is 1. The van der Waals surface area contributed by atoms with Gasteiger partial charge in [0.25, 0.3) is 0 Å². The van der Waals surface area contributed by atoms with Crippen LogP contribution < -0.4 is 16.8 Å². The molecule has 0 saturated carbocycles. The highest BCUT2D eigenvalue weighted by Gasteiger charge is 2.20. The van der Waals surface area contributed by atoms with Crippen LogP contribution in [0.2, 0.25) is 0 Å². The molecule has 1 aromatic carbocycles. The zero-order chi connectivity index (χ0) is 17.4. The van der Waals surface area contributed by atoms with Crippen molar-refractivity contribution in [2.24, 2.45) is 17.4 Å². The molecule has 0 spiro atoms. The second-order valence-corrected chi connectivity index (χ2v) is 6.56. The molecule has 1 aromatic rings. The fraction of sp³-hybridized carbons (Fsp3) is 0.556. The van der Waals surface area contributed by atoms with Crippen LogP contribution in [0.3, 0.4) is 0 Å². The number of rotatable bonds is 8. The average Bonchev–Trinajstić information content (AvgIpc) is 2.56. The molecule has 0 unspecified atom stereocenters. The van der Waals surface area contributed by atoms with Gasteiger partial charge in [0.15, 0.2) is 0 Å². The summed E-state index contributed by atoms with van der Waals surface area (Å²) in [5.41, 5.74) is 12.0. The van der Waals surface area contributed by atoms with Crippen molar-refractivity contribution in [2.75, 3.05) is 19.6 Å². The van der Waals surface area contributed by atoms with Crippen LogP contribution in [0.1, 0.15) is 31.2 Å². The Labute approximate surface area is 143 Å². The molecule has 1 aliphatic heterocycles. The third kappa shape index (κ3) is 6.29. The Morgan fingerprint density at radius 3 is 2.50 bits per heavy atom. The molecule has 1 fully saturated rings. The van der Waals surface area contributed by atoms with Gasteiger partial charge in [-0.15, -0.1) is 0 Å². The summed E-state index contributed by atoms with van der Waals surface area (Å²) in [6.07, 6.45) is 3.14. The largest absolute Gasteiger partial charge is 0.370 e. The first-order valence-corrected chi connectivity index (χ1v) is 8.62. The first-order chi connectivity index (χ1) is 11.5. The molecular formula is C18H28N4O2. The summed E-state index contributed by atoms with van der Waals surface area (Å²) in [6.45, 7) is 3.80. The van der Waals surface area contributed by atoms with Crippen molar-refractivity contribution in [3.63, 3.8) is 0 Å². The smallest absolute Gasteiger partial charge is 0.237 e. The first kappa shape index (κ1) is 18.4. The number of hydrogen-bond acceptors (Lipinski definition) is 4. The molecule has 1 saturated heterocycles. The van der Waals surface area contributed by atoms with Gasteiger partial charge in [0.2, 0.25) is 11.8 Å². The zero-order valence-corrected chi connectivity index (χ0v) is 14.1. The predicted octanol–water partition coefficient (Wildman–Crippen LogP) is 0.608. The average molecular weight is 332 g/mol. The van der Waals surface area contributed by atoms with E-state index in [1.54, 1.807) is 0 Å². The molecular weight excluding hydrogens is 304 g/mol. The Bertz CT molecular complexity index is 527. The number of primary amides is 1. The SMILES string of the molecule is NC(=O)C[C@@H](N)C(=O)NCCC1CCN(Cc2ccccc2)CC1. The highest BCUT2D eigenvalue weighted by atomic mass is 16.2. The molecule has 6 nitrogen and oxygen atoms in total. The summed E-state index contributed by atoms with van der Waals surface area (Å²) >= 11 is 0. The van der Waals surface area contributed by atoms with Crippen LogP contribution >= 0.6 is 0 Å². The first-order valence-electron chi connectivity index (χ1n) is 8.62. The fourth-order valence-electron chi connectivity index (χ4n) is 3.11. The lowest BCUT2D eigenvalue weighted by Crippen LogP contribution is -2.43. The van der Waals surface area contributed by atoms with E-state index in [1.807, 2.05) is 6.07 Å². The van der Waals surface area contributed by atoms with Gasteiger partial charge in [0, 0.05) is 13.1 Å². The summed E-state index contributed by atoms with van der Waals surface area (Å²) in [4.78, 5) is 25.0. The van der Waals surface area contributed by atoms with E-state index in [9.17, 15) is 9.59 Å². The molecule has 2 amide bonds. The molecule has 1 atom stereocenters. The van der Waals surface area contributed by atoms with Crippen molar-refractivity contribution in [1.82, 2.24) is 10.2 Å². The van der Waals surface area contributed by atoms with Crippen LogP contribution in [-0.2, 0) is 16.1 Å². The molecule has 0 bridgehead atoms. The van der Waals surface area contributed by atoms with Gasteiger partial charge >= 0.3 is 0 Å². The Morgan fingerprint density at radius 1 is 1.21 bits per heavy atom. The van der Waals surface area contributed by atoms with Gasteiger partial charge < -0.3 is 16.8 Å². The van der Waals surface area contributed by atoms with Crippen LogP contribution in [0.15, 0.2) is 30.3 Å². The van der Waals surface area contributed by atoms with Gasteiger partial charge in [-0.2, -0.15) is 0 Å². The highest BCUT2D eigenvalue weighted by molar-refractivity contribution is 5.87. The predicted molar refractivity (Wildman–Crippen MR) is 93.9 cm³/mol. The van der Waals surface area contributed by atoms with Gasteiger partial charge in [-0.1, -0.05) is 30.3 Å². The Kier molecular flexibility index (Phi) is 7.21. The van der Waals surface area contributed by atoms with E-state index >= 15 is 0 Å².